The highest BCUT2D eigenvalue weighted by Crippen LogP contribution is 2.25. The second-order valence-corrected chi connectivity index (χ2v) is 5.14. The minimum absolute atomic E-state index is 0.268. The third-order valence-corrected chi connectivity index (χ3v) is 3.43. The maximum absolute atomic E-state index is 13.9. The van der Waals surface area contributed by atoms with Gasteiger partial charge in [0.1, 0.15) is 17.3 Å². The fourth-order valence-electron chi connectivity index (χ4n) is 2.31. The monoisotopic (exact) mass is 315 g/mol. The summed E-state index contributed by atoms with van der Waals surface area (Å²) in [4.78, 5) is 0. The van der Waals surface area contributed by atoms with Crippen molar-refractivity contribution in [2.75, 3.05) is 0 Å². The molecular weight excluding hydrogens is 301 g/mol. The van der Waals surface area contributed by atoms with E-state index in [0.717, 1.165) is 11.3 Å². The van der Waals surface area contributed by atoms with E-state index in [9.17, 15) is 9.65 Å². The normalized spacial score (nSPS) is 10.9. The van der Waals surface area contributed by atoms with E-state index in [2.05, 4.69) is 6.07 Å². The lowest BCUT2D eigenvalue weighted by atomic mass is 10.0. The first-order valence-electron chi connectivity index (χ1n) is 7.46. The fraction of sp³-hybridized carbons (Fsp3) is 0. The summed E-state index contributed by atoms with van der Waals surface area (Å²) in [7, 11) is 0. The Kier molecular flexibility index (Phi) is 4.69. The van der Waals surface area contributed by atoms with E-state index in [4.69, 9.17) is 4.74 Å². The fourth-order valence-corrected chi connectivity index (χ4v) is 2.31. The van der Waals surface area contributed by atoms with E-state index in [0.29, 0.717) is 5.75 Å². The molecule has 0 unspecified atom stereocenters. The van der Waals surface area contributed by atoms with Crippen LogP contribution in [-0.2, 0) is 0 Å². The molecule has 3 rings (SSSR count). The first-order valence-corrected chi connectivity index (χ1v) is 7.46. The van der Waals surface area contributed by atoms with Crippen molar-refractivity contribution in [3.63, 3.8) is 0 Å². The van der Waals surface area contributed by atoms with Crippen LogP contribution in [0.15, 0.2) is 78.9 Å². The first kappa shape index (κ1) is 15.5. The largest absolute Gasteiger partial charge is 0.457 e. The zero-order chi connectivity index (χ0) is 16.8. The van der Waals surface area contributed by atoms with Gasteiger partial charge >= 0.3 is 0 Å². The quantitative estimate of drug-likeness (QED) is 0.458. The highest BCUT2D eigenvalue weighted by Gasteiger charge is 2.07. The Morgan fingerprint density at radius 2 is 1.58 bits per heavy atom. The molecule has 0 saturated carbocycles. The number of para-hydroxylation sites is 1. The molecule has 3 aromatic carbocycles. The Morgan fingerprint density at radius 1 is 0.875 bits per heavy atom. The zero-order valence-corrected chi connectivity index (χ0v) is 12.8. The van der Waals surface area contributed by atoms with E-state index in [1.54, 1.807) is 24.3 Å². The second kappa shape index (κ2) is 7.26. The maximum Gasteiger partial charge on any atom is 0.131 e. The van der Waals surface area contributed by atoms with Crippen LogP contribution >= 0.6 is 0 Å². The number of nitrogens with zero attached hydrogens (tertiary/aromatic N) is 1. The number of rotatable bonds is 4. The van der Waals surface area contributed by atoms with Crippen LogP contribution < -0.4 is 4.74 Å². The van der Waals surface area contributed by atoms with Crippen LogP contribution in [-0.4, -0.2) is 0 Å². The summed E-state index contributed by atoms with van der Waals surface area (Å²) in [5, 5.41) is 9.35. The molecule has 0 N–H and O–H groups in total. The van der Waals surface area contributed by atoms with Crippen LogP contribution in [0.25, 0.3) is 11.6 Å². The maximum atomic E-state index is 13.9. The van der Waals surface area contributed by atoms with Crippen molar-refractivity contribution in [3.05, 3.63) is 95.8 Å². The summed E-state index contributed by atoms with van der Waals surface area (Å²) in [5.41, 5.74) is 1.32. The Labute approximate surface area is 140 Å². The molecule has 0 heterocycles. The van der Waals surface area contributed by atoms with Crippen molar-refractivity contribution >= 4 is 11.6 Å². The lowest BCUT2D eigenvalue weighted by Gasteiger charge is -2.06. The zero-order valence-electron chi connectivity index (χ0n) is 12.8. The average molecular weight is 315 g/mol. The number of ether oxygens (including phenoxy) is 1. The molecule has 0 amide bonds. The van der Waals surface area contributed by atoms with Crippen LogP contribution in [0, 0.1) is 17.1 Å². The van der Waals surface area contributed by atoms with Gasteiger partial charge in [-0.25, -0.2) is 4.39 Å². The highest BCUT2D eigenvalue weighted by molar-refractivity contribution is 5.89. The van der Waals surface area contributed by atoms with Gasteiger partial charge in [-0.3, -0.25) is 0 Å². The van der Waals surface area contributed by atoms with E-state index in [1.807, 2.05) is 54.6 Å². The summed E-state index contributed by atoms with van der Waals surface area (Å²) in [5.74, 6) is 0.969. The summed E-state index contributed by atoms with van der Waals surface area (Å²) in [6.07, 6.45) is 1.65. The second-order valence-electron chi connectivity index (χ2n) is 5.14. The van der Waals surface area contributed by atoms with Gasteiger partial charge in [0.25, 0.3) is 0 Å². The number of halogens is 1. The van der Waals surface area contributed by atoms with E-state index < -0.39 is 5.82 Å². The van der Waals surface area contributed by atoms with Crippen molar-refractivity contribution in [1.29, 1.82) is 5.26 Å². The highest BCUT2D eigenvalue weighted by atomic mass is 19.1. The average Bonchev–Trinajstić information content (AvgIpc) is 2.62. The lowest BCUT2D eigenvalue weighted by Crippen LogP contribution is -1.88. The molecule has 24 heavy (non-hydrogen) atoms. The van der Waals surface area contributed by atoms with E-state index >= 15 is 0 Å². The molecular formula is C21H14FNO. The molecule has 0 radical (unpaired) electrons. The molecule has 0 saturated heterocycles. The number of hydrogen-bond acceptors (Lipinski definition) is 2. The van der Waals surface area contributed by atoms with Crippen molar-refractivity contribution in [2.24, 2.45) is 0 Å². The van der Waals surface area contributed by atoms with Gasteiger partial charge in [0.05, 0.1) is 11.6 Å². The molecule has 3 heteroatoms. The molecule has 0 aliphatic rings. The van der Waals surface area contributed by atoms with Crippen LogP contribution in [0.1, 0.15) is 11.1 Å². The van der Waals surface area contributed by atoms with Gasteiger partial charge in [-0.1, -0.05) is 48.5 Å². The van der Waals surface area contributed by atoms with Gasteiger partial charge in [0.15, 0.2) is 0 Å². The molecule has 0 aliphatic carbocycles. The number of nitriles is 1. The van der Waals surface area contributed by atoms with Crippen LogP contribution in [0.5, 0.6) is 11.5 Å². The number of hydrogen-bond donors (Lipinski definition) is 0. The molecule has 0 aliphatic heterocycles. The Bertz CT molecular complexity index is 910. The summed E-state index contributed by atoms with van der Waals surface area (Å²) >= 11 is 0. The van der Waals surface area contributed by atoms with Crippen molar-refractivity contribution in [2.45, 2.75) is 0 Å². The van der Waals surface area contributed by atoms with Crippen molar-refractivity contribution in [1.82, 2.24) is 0 Å². The SMILES string of the molecule is N#C/C(=C/c1cccc(Oc2ccccc2)c1)c1ccccc1F. The standard InChI is InChI=1S/C21H14FNO/c22-21-12-5-4-11-20(21)17(15-23)13-16-7-6-10-19(14-16)24-18-8-2-1-3-9-18/h1-14H/b17-13-. The minimum Gasteiger partial charge on any atom is -0.457 e. The smallest absolute Gasteiger partial charge is 0.131 e. The Morgan fingerprint density at radius 3 is 2.33 bits per heavy atom. The van der Waals surface area contributed by atoms with Crippen LogP contribution in [0.3, 0.4) is 0 Å². The van der Waals surface area contributed by atoms with Crippen molar-refractivity contribution < 1.29 is 9.13 Å². The predicted octanol–water partition coefficient (Wildman–Crippen LogP) is 5.68. The van der Waals surface area contributed by atoms with Gasteiger partial charge in [0.2, 0.25) is 0 Å². The summed E-state index contributed by atoms with van der Waals surface area (Å²) in [6.45, 7) is 0. The van der Waals surface area contributed by atoms with Gasteiger partial charge in [-0.05, 0) is 42.0 Å². The van der Waals surface area contributed by atoms with Crippen LogP contribution in [0.4, 0.5) is 4.39 Å². The molecule has 3 aromatic rings. The molecule has 2 nitrogen and oxygen atoms in total. The van der Waals surface area contributed by atoms with Gasteiger partial charge < -0.3 is 4.74 Å². The minimum atomic E-state index is -0.415. The van der Waals surface area contributed by atoms with Crippen LogP contribution in [0.2, 0.25) is 0 Å². The predicted molar refractivity (Wildman–Crippen MR) is 92.8 cm³/mol. The molecule has 0 atom stereocenters. The van der Waals surface area contributed by atoms with E-state index in [-0.39, 0.29) is 11.1 Å². The third kappa shape index (κ3) is 3.68. The lowest BCUT2D eigenvalue weighted by molar-refractivity contribution is 0.482. The number of allylic oxidation sites excluding steroid dienone is 1. The van der Waals surface area contributed by atoms with Gasteiger partial charge in [-0.15, -0.1) is 0 Å². The molecule has 0 bridgehead atoms. The molecule has 116 valence electrons. The van der Waals surface area contributed by atoms with Gasteiger partial charge in [-0.2, -0.15) is 5.26 Å². The summed E-state index contributed by atoms with van der Waals surface area (Å²) < 4.78 is 19.7. The Hall–Kier alpha value is -3.38. The molecule has 0 aromatic heterocycles. The summed E-state index contributed by atoms with van der Waals surface area (Å²) in [6, 6.07) is 25.1. The topological polar surface area (TPSA) is 33.0 Å². The van der Waals surface area contributed by atoms with Gasteiger partial charge in [0, 0.05) is 5.56 Å². The number of benzene rings is 3. The first-order chi connectivity index (χ1) is 11.8. The Balaban J connectivity index is 1.91. The van der Waals surface area contributed by atoms with E-state index in [1.165, 1.54) is 6.07 Å². The molecule has 0 spiro atoms. The third-order valence-electron chi connectivity index (χ3n) is 3.43. The van der Waals surface area contributed by atoms with Crippen molar-refractivity contribution in [3.8, 4) is 17.6 Å². The molecule has 0 fully saturated rings.